The number of rotatable bonds is 5. The normalized spacial score (nSPS) is 15.1. The summed E-state index contributed by atoms with van der Waals surface area (Å²) in [5.41, 5.74) is 7.13. The van der Waals surface area contributed by atoms with Crippen LogP contribution in [0.5, 0.6) is 0 Å². The fourth-order valence-electron chi connectivity index (χ4n) is 1.62. The number of hydrogen-bond donors (Lipinski definition) is 1. The molecule has 1 unspecified atom stereocenters. The molecule has 2 heteroatoms. The average molecular weight is 193 g/mol. The van der Waals surface area contributed by atoms with E-state index < -0.39 is 0 Å². The predicted molar refractivity (Wildman–Crippen MR) is 59.2 cm³/mol. The highest BCUT2D eigenvalue weighted by Gasteiger charge is 2.22. The zero-order valence-corrected chi connectivity index (χ0v) is 8.99. The Hall–Kier alpha value is -0.860. The summed E-state index contributed by atoms with van der Waals surface area (Å²) in [6.07, 6.45) is 0.970. The van der Waals surface area contributed by atoms with Crippen molar-refractivity contribution in [1.82, 2.24) is 0 Å². The van der Waals surface area contributed by atoms with E-state index in [0.29, 0.717) is 13.2 Å². The number of ether oxygens (including phenoxy) is 1. The summed E-state index contributed by atoms with van der Waals surface area (Å²) >= 11 is 0. The fraction of sp³-hybridized carbons (Fsp3) is 0.500. The molecule has 0 aromatic heterocycles. The first-order chi connectivity index (χ1) is 6.70. The van der Waals surface area contributed by atoms with E-state index in [4.69, 9.17) is 10.5 Å². The topological polar surface area (TPSA) is 35.2 Å². The number of hydrogen-bond acceptors (Lipinski definition) is 2. The molecule has 2 nitrogen and oxygen atoms in total. The van der Waals surface area contributed by atoms with Crippen LogP contribution in [0.3, 0.4) is 0 Å². The zero-order chi connectivity index (χ0) is 10.4. The van der Waals surface area contributed by atoms with Crippen LogP contribution in [-0.4, -0.2) is 20.3 Å². The molecule has 1 rings (SSSR count). The summed E-state index contributed by atoms with van der Waals surface area (Å²) in [6.45, 7) is 3.51. The lowest BCUT2D eigenvalue weighted by molar-refractivity contribution is 0.0975. The lowest BCUT2D eigenvalue weighted by atomic mass is 9.84. The van der Waals surface area contributed by atoms with Crippen LogP contribution in [0.4, 0.5) is 0 Å². The molecule has 1 atom stereocenters. The van der Waals surface area contributed by atoms with Crippen LogP contribution in [0.25, 0.3) is 0 Å². The van der Waals surface area contributed by atoms with Gasteiger partial charge in [-0.05, 0) is 12.0 Å². The zero-order valence-electron chi connectivity index (χ0n) is 8.99. The molecular weight excluding hydrogens is 174 g/mol. The molecule has 0 aliphatic rings. The second-order valence-electron chi connectivity index (χ2n) is 4.11. The highest BCUT2D eigenvalue weighted by Crippen LogP contribution is 2.21. The van der Waals surface area contributed by atoms with E-state index >= 15 is 0 Å². The highest BCUT2D eigenvalue weighted by molar-refractivity contribution is 5.16. The lowest BCUT2D eigenvalue weighted by Gasteiger charge is -2.27. The van der Waals surface area contributed by atoms with Gasteiger partial charge in [0, 0.05) is 19.1 Å². The van der Waals surface area contributed by atoms with Gasteiger partial charge in [-0.2, -0.15) is 0 Å². The molecule has 0 aliphatic carbocycles. The van der Waals surface area contributed by atoms with Gasteiger partial charge in [0.2, 0.25) is 0 Å². The Morgan fingerprint density at radius 3 is 2.43 bits per heavy atom. The quantitative estimate of drug-likeness (QED) is 0.774. The van der Waals surface area contributed by atoms with Gasteiger partial charge in [-0.1, -0.05) is 37.3 Å². The first kappa shape index (κ1) is 11.2. The van der Waals surface area contributed by atoms with E-state index in [1.54, 1.807) is 7.11 Å². The molecular formula is C12H19NO. The van der Waals surface area contributed by atoms with Crippen LogP contribution in [0.1, 0.15) is 12.5 Å². The van der Waals surface area contributed by atoms with E-state index in [2.05, 4.69) is 31.2 Å². The fourth-order valence-corrected chi connectivity index (χ4v) is 1.62. The molecule has 0 heterocycles. The smallest absolute Gasteiger partial charge is 0.0531 e. The summed E-state index contributed by atoms with van der Waals surface area (Å²) in [4.78, 5) is 0. The molecule has 0 bridgehead atoms. The summed E-state index contributed by atoms with van der Waals surface area (Å²) < 4.78 is 5.19. The number of methoxy groups -OCH3 is 1. The Bertz CT molecular complexity index is 260. The van der Waals surface area contributed by atoms with E-state index in [0.717, 1.165) is 6.42 Å². The average Bonchev–Trinajstić information content (AvgIpc) is 2.20. The Morgan fingerprint density at radius 2 is 1.93 bits per heavy atom. The Morgan fingerprint density at radius 1 is 1.29 bits per heavy atom. The third-order valence-electron chi connectivity index (χ3n) is 2.46. The number of nitrogens with two attached hydrogens (primary N) is 1. The van der Waals surface area contributed by atoms with Crippen molar-refractivity contribution in [2.75, 3.05) is 20.3 Å². The maximum absolute atomic E-state index is 5.76. The molecule has 0 fully saturated rings. The third-order valence-corrected chi connectivity index (χ3v) is 2.46. The minimum absolute atomic E-state index is 0.0517. The standard InChI is InChI=1S/C12H19NO/c1-12(9-13,10-14-2)8-11-6-4-3-5-7-11/h3-7H,8-10,13H2,1-2H3. The maximum atomic E-state index is 5.76. The van der Waals surface area contributed by atoms with Crippen LogP contribution in [-0.2, 0) is 11.2 Å². The van der Waals surface area contributed by atoms with Gasteiger partial charge < -0.3 is 10.5 Å². The van der Waals surface area contributed by atoms with Gasteiger partial charge in [0.25, 0.3) is 0 Å². The van der Waals surface area contributed by atoms with Crippen molar-refractivity contribution in [1.29, 1.82) is 0 Å². The van der Waals surface area contributed by atoms with Gasteiger partial charge in [-0.3, -0.25) is 0 Å². The first-order valence-electron chi connectivity index (χ1n) is 4.93. The Kier molecular flexibility index (Phi) is 4.11. The van der Waals surface area contributed by atoms with Crippen molar-refractivity contribution in [3.63, 3.8) is 0 Å². The lowest BCUT2D eigenvalue weighted by Crippen LogP contribution is -2.34. The molecule has 1 aromatic rings. The van der Waals surface area contributed by atoms with Crippen molar-refractivity contribution in [2.24, 2.45) is 11.1 Å². The minimum atomic E-state index is 0.0517. The summed E-state index contributed by atoms with van der Waals surface area (Å²) in [5.74, 6) is 0. The van der Waals surface area contributed by atoms with Crippen LogP contribution in [0.2, 0.25) is 0 Å². The Balaban J connectivity index is 2.65. The summed E-state index contributed by atoms with van der Waals surface area (Å²) in [7, 11) is 1.72. The van der Waals surface area contributed by atoms with E-state index in [1.807, 2.05) is 6.07 Å². The van der Waals surface area contributed by atoms with E-state index in [-0.39, 0.29) is 5.41 Å². The molecule has 14 heavy (non-hydrogen) atoms. The van der Waals surface area contributed by atoms with Crippen molar-refractivity contribution >= 4 is 0 Å². The largest absolute Gasteiger partial charge is 0.384 e. The first-order valence-corrected chi connectivity index (χ1v) is 4.93. The van der Waals surface area contributed by atoms with Crippen LogP contribution in [0.15, 0.2) is 30.3 Å². The highest BCUT2D eigenvalue weighted by atomic mass is 16.5. The van der Waals surface area contributed by atoms with Crippen molar-refractivity contribution < 1.29 is 4.74 Å². The van der Waals surface area contributed by atoms with Gasteiger partial charge in [-0.15, -0.1) is 0 Å². The minimum Gasteiger partial charge on any atom is -0.384 e. The van der Waals surface area contributed by atoms with E-state index in [9.17, 15) is 0 Å². The molecule has 0 spiro atoms. The molecule has 1 aromatic carbocycles. The molecule has 0 saturated heterocycles. The maximum Gasteiger partial charge on any atom is 0.0531 e. The molecule has 0 amide bonds. The summed E-state index contributed by atoms with van der Waals surface area (Å²) in [5, 5.41) is 0. The summed E-state index contributed by atoms with van der Waals surface area (Å²) in [6, 6.07) is 10.4. The monoisotopic (exact) mass is 193 g/mol. The SMILES string of the molecule is COCC(C)(CN)Cc1ccccc1. The van der Waals surface area contributed by atoms with Crippen LogP contribution in [0, 0.1) is 5.41 Å². The molecule has 0 saturated carbocycles. The van der Waals surface area contributed by atoms with Crippen molar-refractivity contribution in [2.45, 2.75) is 13.3 Å². The molecule has 0 aliphatic heterocycles. The molecule has 78 valence electrons. The van der Waals surface area contributed by atoms with Gasteiger partial charge >= 0.3 is 0 Å². The van der Waals surface area contributed by atoms with Gasteiger partial charge in [-0.25, -0.2) is 0 Å². The van der Waals surface area contributed by atoms with Crippen LogP contribution < -0.4 is 5.73 Å². The number of benzene rings is 1. The van der Waals surface area contributed by atoms with Crippen molar-refractivity contribution in [3.05, 3.63) is 35.9 Å². The second-order valence-corrected chi connectivity index (χ2v) is 4.11. The van der Waals surface area contributed by atoms with Gasteiger partial charge in [0.05, 0.1) is 6.61 Å². The molecule has 2 N–H and O–H groups in total. The van der Waals surface area contributed by atoms with Gasteiger partial charge in [0.1, 0.15) is 0 Å². The van der Waals surface area contributed by atoms with E-state index in [1.165, 1.54) is 5.56 Å². The predicted octanol–water partition coefficient (Wildman–Crippen LogP) is 1.84. The Labute approximate surface area is 86.1 Å². The second kappa shape index (κ2) is 5.13. The van der Waals surface area contributed by atoms with Gasteiger partial charge in [0.15, 0.2) is 0 Å². The van der Waals surface area contributed by atoms with Crippen LogP contribution >= 0.6 is 0 Å². The molecule has 0 radical (unpaired) electrons. The third kappa shape index (κ3) is 3.13. The van der Waals surface area contributed by atoms with Crippen molar-refractivity contribution in [3.8, 4) is 0 Å².